The molecule has 0 saturated heterocycles. The highest BCUT2D eigenvalue weighted by Crippen LogP contribution is 1.97. The maximum absolute atomic E-state index is 10.2. The van der Waals surface area contributed by atoms with E-state index in [1.807, 2.05) is 0 Å². The minimum absolute atomic E-state index is 0.562. The second kappa shape index (κ2) is 3.49. The van der Waals surface area contributed by atoms with Crippen LogP contribution in [0.25, 0.3) is 0 Å². The summed E-state index contributed by atoms with van der Waals surface area (Å²) in [6.45, 7) is 1.78. The highest BCUT2D eigenvalue weighted by atomic mass is 32.2. The average Bonchev–Trinajstić information content (AvgIpc) is 1.67. The van der Waals surface area contributed by atoms with E-state index in [2.05, 4.69) is 5.73 Å². The molecule has 3 nitrogen and oxygen atoms in total. The summed E-state index contributed by atoms with van der Waals surface area (Å²) in [6.07, 6.45) is 0. The lowest BCUT2D eigenvalue weighted by atomic mass is 10.7. The molecule has 0 radical (unpaired) electrons. The van der Waals surface area contributed by atoms with Crippen LogP contribution in [0, 0.1) is 0 Å². The van der Waals surface area contributed by atoms with Crippen molar-refractivity contribution in [2.75, 3.05) is 5.75 Å². The van der Waals surface area contributed by atoms with Gasteiger partial charge in [0.1, 0.15) is 0 Å². The first-order valence-electron chi connectivity index (χ1n) is 2.15. The summed E-state index contributed by atoms with van der Waals surface area (Å²) in [6, 6.07) is 0. The molecule has 0 aliphatic heterocycles. The molecule has 0 unspecified atom stereocenters. The number of nitrogens with two attached hydrogens (primary N) is 1. The zero-order valence-corrected chi connectivity index (χ0v) is 5.33. The first-order valence-corrected chi connectivity index (χ1v) is 3.13. The van der Waals surface area contributed by atoms with Crippen LogP contribution in [-0.2, 0) is 9.59 Å². The van der Waals surface area contributed by atoms with Crippen molar-refractivity contribution in [2.24, 2.45) is 5.73 Å². The van der Waals surface area contributed by atoms with Crippen LogP contribution >= 0.6 is 11.8 Å². The topological polar surface area (TPSA) is 60.2 Å². The fraction of sp³-hybridized carbons (Fsp3) is 0.500. The number of primary amides is 1. The van der Waals surface area contributed by atoms with Gasteiger partial charge in [-0.1, -0.05) is 18.7 Å². The third kappa shape index (κ3) is 2.63. The quantitative estimate of drug-likeness (QED) is 0.502. The first-order chi connectivity index (χ1) is 3.68. The number of carbonyl (C=O) groups is 2. The van der Waals surface area contributed by atoms with Gasteiger partial charge in [0, 0.05) is 0 Å². The fourth-order valence-electron chi connectivity index (χ4n) is 0.202. The van der Waals surface area contributed by atoms with E-state index < -0.39 is 11.0 Å². The molecule has 0 atom stereocenters. The normalized spacial score (nSPS) is 8.62. The summed E-state index contributed by atoms with van der Waals surface area (Å²) in [5.74, 6) is -0.265. The summed E-state index contributed by atoms with van der Waals surface area (Å²) >= 11 is 0.926. The van der Waals surface area contributed by atoms with Gasteiger partial charge in [-0.25, -0.2) is 0 Å². The van der Waals surface area contributed by atoms with E-state index in [1.54, 1.807) is 6.92 Å². The Balaban J connectivity index is 3.49. The highest BCUT2D eigenvalue weighted by Gasteiger charge is 2.05. The Kier molecular flexibility index (Phi) is 3.26. The predicted molar refractivity (Wildman–Crippen MR) is 32.3 cm³/mol. The van der Waals surface area contributed by atoms with Crippen LogP contribution in [0.4, 0.5) is 0 Å². The number of rotatable bonds is 1. The van der Waals surface area contributed by atoms with E-state index in [4.69, 9.17) is 0 Å². The molecular formula is C4H7NO2S. The van der Waals surface area contributed by atoms with Crippen LogP contribution in [0.5, 0.6) is 0 Å². The van der Waals surface area contributed by atoms with Gasteiger partial charge in [-0.05, 0) is 5.75 Å². The highest BCUT2D eigenvalue weighted by molar-refractivity contribution is 8.15. The minimum atomic E-state index is -0.864. The second-order valence-electron chi connectivity index (χ2n) is 1.08. The van der Waals surface area contributed by atoms with E-state index in [0.29, 0.717) is 5.75 Å². The first kappa shape index (κ1) is 7.49. The van der Waals surface area contributed by atoms with E-state index in [-0.39, 0.29) is 0 Å². The van der Waals surface area contributed by atoms with Gasteiger partial charge in [0.05, 0.1) is 0 Å². The van der Waals surface area contributed by atoms with Crippen molar-refractivity contribution in [2.45, 2.75) is 6.92 Å². The average molecular weight is 133 g/mol. The van der Waals surface area contributed by atoms with E-state index in [1.165, 1.54) is 0 Å². The minimum Gasteiger partial charge on any atom is -0.362 e. The van der Waals surface area contributed by atoms with Crippen molar-refractivity contribution in [1.29, 1.82) is 0 Å². The largest absolute Gasteiger partial charge is 0.362 e. The molecule has 0 aromatic rings. The van der Waals surface area contributed by atoms with Crippen molar-refractivity contribution < 1.29 is 9.59 Å². The lowest BCUT2D eigenvalue weighted by molar-refractivity contribution is -0.130. The van der Waals surface area contributed by atoms with Crippen molar-refractivity contribution in [3.63, 3.8) is 0 Å². The van der Waals surface area contributed by atoms with Crippen LogP contribution < -0.4 is 5.73 Å². The SMILES string of the molecule is CCSC(=O)C(N)=O. The van der Waals surface area contributed by atoms with Gasteiger partial charge in [0.2, 0.25) is 0 Å². The molecule has 0 saturated carbocycles. The van der Waals surface area contributed by atoms with Crippen molar-refractivity contribution in [1.82, 2.24) is 0 Å². The summed E-state index contributed by atoms with van der Waals surface area (Å²) in [4.78, 5) is 20.2. The van der Waals surface area contributed by atoms with Crippen molar-refractivity contribution >= 4 is 22.8 Å². The van der Waals surface area contributed by atoms with Gasteiger partial charge < -0.3 is 5.73 Å². The summed E-state index contributed by atoms with van der Waals surface area (Å²) in [5.41, 5.74) is 4.61. The van der Waals surface area contributed by atoms with Gasteiger partial charge >= 0.3 is 0 Å². The third-order valence-electron chi connectivity index (χ3n) is 0.477. The van der Waals surface area contributed by atoms with Crippen LogP contribution in [0.15, 0.2) is 0 Å². The molecule has 0 bridgehead atoms. The van der Waals surface area contributed by atoms with Crippen molar-refractivity contribution in [3.8, 4) is 0 Å². The third-order valence-corrected chi connectivity index (χ3v) is 1.23. The summed E-state index contributed by atoms with van der Waals surface area (Å²) in [5, 5.41) is -0.562. The molecule has 4 heteroatoms. The number of hydrogen-bond acceptors (Lipinski definition) is 3. The van der Waals surface area contributed by atoms with E-state index >= 15 is 0 Å². The molecule has 0 fully saturated rings. The lowest BCUT2D eigenvalue weighted by Gasteiger charge is -1.86. The molecule has 1 amide bonds. The van der Waals surface area contributed by atoms with Gasteiger partial charge in [0.15, 0.2) is 0 Å². The van der Waals surface area contributed by atoms with Gasteiger partial charge in [0.25, 0.3) is 11.0 Å². The molecule has 2 N–H and O–H groups in total. The molecule has 0 aromatic heterocycles. The molecule has 0 aliphatic carbocycles. The van der Waals surface area contributed by atoms with Crippen LogP contribution in [0.1, 0.15) is 6.92 Å². The Hall–Kier alpha value is -0.510. The number of amides is 1. The van der Waals surface area contributed by atoms with Gasteiger partial charge in [-0.15, -0.1) is 0 Å². The molecule has 0 spiro atoms. The Bertz CT molecular complexity index is 113. The standard InChI is InChI=1S/C4H7NO2S/c1-2-8-4(7)3(5)6/h2H2,1H3,(H2,5,6). The van der Waals surface area contributed by atoms with Crippen molar-refractivity contribution in [3.05, 3.63) is 0 Å². The molecular weight excluding hydrogens is 126 g/mol. The molecule has 0 rings (SSSR count). The molecule has 0 aliphatic rings. The number of hydrogen-bond donors (Lipinski definition) is 1. The molecule has 8 heavy (non-hydrogen) atoms. The summed E-state index contributed by atoms with van der Waals surface area (Å²) in [7, 11) is 0. The smallest absolute Gasteiger partial charge is 0.296 e. The number of thioether (sulfide) groups is 1. The molecule has 0 heterocycles. The Morgan fingerprint density at radius 2 is 2.12 bits per heavy atom. The summed E-state index contributed by atoms with van der Waals surface area (Å²) < 4.78 is 0. The maximum Gasteiger partial charge on any atom is 0.296 e. The van der Waals surface area contributed by atoms with Crippen LogP contribution in [0.2, 0.25) is 0 Å². The predicted octanol–water partition coefficient (Wildman–Crippen LogP) is -0.249. The van der Waals surface area contributed by atoms with Gasteiger partial charge in [-0.2, -0.15) is 0 Å². The number of carbonyl (C=O) groups excluding carboxylic acids is 2. The molecule has 0 aromatic carbocycles. The van der Waals surface area contributed by atoms with E-state index in [0.717, 1.165) is 11.8 Å². The zero-order valence-electron chi connectivity index (χ0n) is 4.51. The fourth-order valence-corrected chi connectivity index (χ4v) is 0.607. The van der Waals surface area contributed by atoms with Crippen LogP contribution in [0.3, 0.4) is 0 Å². The Labute approximate surface area is 51.6 Å². The lowest BCUT2D eigenvalue weighted by Crippen LogP contribution is -2.19. The Morgan fingerprint density at radius 3 is 2.25 bits per heavy atom. The molecule has 46 valence electrons. The Morgan fingerprint density at radius 1 is 1.62 bits per heavy atom. The second-order valence-corrected chi connectivity index (χ2v) is 2.32. The monoisotopic (exact) mass is 133 g/mol. The zero-order chi connectivity index (χ0) is 6.57. The maximum atomic E-state index is 10.2. The van der Waals surface area contributed by atoms with Crippen LogP contribution in [-0.4, -0.2) is 16.8 Å². The van der Waals surface area contributed by atoms with Gasteiger partial charge in [-0.3, -0.25) is 9.59 Å². The van der Waals surface area contributed by atoms with E-state index in [9.17, 15) is 9.59 Å².